The van der Waals surface area contributed by atoms with Crippen LogP contribution in [0.1, 0.15) is 23.2 Å². The third-order valence-corrected chi connectivity index (χ3v) is 6.46. The standard InChI is InChI=1S/C22H24ClFN2O2.2C2HF3O2/c23-17-3-7-19(8-4-17)28-21-14-25-13-20(21)26-11-9-16(10-12-26)22(27)15-1-5-18(24)6-2-15;2*3-2(4,5)1(6)7/h1-8,16,20-21,25H,9-14H2;2*(H,6,7)/t20-,21?;;/m0../s1. The Morgan fingerprint density at radius 2 is 1.31 bits per heavy atom. The van der Waals surface area contributed by atoms with E-state index in [4.69, 9.17) is 36.1 Å². The van der Waals surface area contributed by atoms with Crippen LogP contribution in [0, 0.1) is 11.7 Å². The molecule has 2 aliphatic rings. The molecule has 1 unspecified atom stereocenters. The molecule has 3 N–H and O–H groups in total. The summed E-state index contributed by atoms with van der Waals surface area (Å²) >= 11 is 5.95. The van der Waals surface area contributed by atoms with Gasteiger partial charge in [-0.1, -0.05) is 11.6 Å². The minimum Gasteiger partial charge on any atom is -0.487 e. The molecule has 4 rings (SSSR count). The highest BCUT2D eigenvalue weighted by Gasteiger charge is 2.39. The van der Waals surface area contributed by atoms with E-state index >= 15 is 0 Å². The molecule has 2 heterocycles. The van der Waals surface area contributed by atoms with Gasteiger partial charge in [-0.15, -0.1) is 0 Å². The summed E-state index contributed by atoms with van der Waals surface area (Å²) < 4.78 is 82.7. The lowest BCUT2D eigenvalue weighted by molar-refractivity contribution is -0.193. The number of alkyl halides is 6. The van der Waals surface area contributed by atoms with Crippen molar-refractivity contribution >= 4 is 29.3 Å². The Balaban J connectivity index is 0.000000367. The van der Waals surface area contributed by atoms with Gasteiger partial charge in [0.15, 0.2) is 5.78 Å². The minimum absolute atomic E-state index is 0.00621. The average molecular weight is 631 g/mol. The van der Waals surface area contributed by atoms with Crippen LogP contribution in [0.25, 0.3) is 0 Å². The van der Waals surface area contributed by atoms with Gasteiger partial charge < -0.3 is 20.3 Å². The van der Waals surface area contributed by atoms with Gasteiger partial charge in [-0.05, 0) is 74.5 Å². The van der Waals surface area contributed by atoms with Crippen molar-refractivity contribution in [2.75, 3.05) is 26.2 Å². The van der Waals surface area contributed by atoms with E-state index in [0.717, 1.165) is 44.8 Å². The van der Waals surface area contributed by atoms with Crippen molar-refractivity contribution in [1.82, 2.24) is 10.2 Å². The van der Waals surface area contributed by atoms with Crippen LogP contribution in [0.5, 0.6) is 5.75 Å². The highest BCUT2D eigenvalue weighted by atomic mass is 35.5. The molecule has 0 aromatic heterocycles. The number of hydrogen-bond donors (Lipinski definition) is 3. The third kappa shape index (κ3) is 11.1. The van der Waals surface area contributed by atoms with Crippen LogP contribution in [-0.2, 0) is 9.59 Å². The first kappa shape index (κ1) is 34.8. The monoisotopic (exact) mass is 630 g/mol. The summed E-state index contributed by atoms with van der Waals surface area (Å²) in [7, 11) is 0. The summed E-state index contributed by atoms with van der Waals surface area (Å²) in [5.41, 5.74) is 0.603. The lowest BCUT2D eigenvalue weighted by Crippen LogP contribution is -2.49. The van der Waals surface area contributed by atoms with Crippen LogP contribution in [0.15, 0.2) is 48.5 Å². The average Bonchev–Trinajstić information content (AvgIpc) is 3.38. The zero-order valence-electron chi connectivity index (χ0n) is 21.6. The summed E-state index contributed by atoms with van der Waals surface area (Å²) in [6.07, 6.45) is -8.45. The number of ketones is 1. The molecule has 0 spiro atoms. The Morgan fingerprint density at radius 1 is 0.833 bits per heavy atom. The SMILES string of the molecule is O=C(O)C(F)(F)F.O=C(O)C(F)(F)F.O=C(c1ccc(F)cc1)C1CCN([C@H]2CNCC2Oc2ccc(Cl)cc2)CC1. The van der Waals surface area contributed by atoms with Gasteiger partial charge in [0.2, 0.25) is 0 Å². The maximum atomic E-state index is 13.1. The second-order valence-corrected chi connectivity index (χ2v) is 9.56. The number of carbonyl (C=O) groups excluding carboxylic acids is 1. The molecule has 2 aromatic rings. The molecule has 8 nitrogen and oxygen atoms in total. The van der Waals surface area contributed by atoms with Crippen molar-refractivity contribution in [3.8, 4) is 5.75 Å². The first-order valence-corrected chi connectivity index (χ1v) is 12.6. The number of nitrogens with one attached hydrogen (secondary N) is 1. The molecule has 2 aromatic carbocycles. The Kier molecular flexibility index (Phi) is 12.6. The fourth-order valence-electron chi connectivity index (χ4n) is 4.16. The summed E-state index contributed by atoms with van der Waals surface area (Å²) in [4.78, 5) is 32.9. The van der Waals surface area contributed by atoms with Gasteiger partial charge in [0.05, 0.1) is 6.04 Å². The fourth-order valence-corrected chi connectivity index (χ4v) is 4.28. The van der Waals surface area contributed by atoms with Crippen molar-refractivity contribution in [2.45, 2.75) is 37.3 Å². The van der Waals surface area contributed by atoms with Gasteiger partial charge in [-0.25, -0.2) is 14.0 Å². The van der Waals surface area contributed by atoms with E-state index in [2.05, 4.69) is 10.2 Å². The molecule has 232 valence electrons. The van der Waals surface area contributed by atoms with Crippen molar-refractivity contribution in [2.24, 2.45) is 5.92 Å². The smallest absolute Gasteiger partial charge is 0.487 e. The van der Waals surface area contributed by atoms with E-state index in [1.165, 1.54) is 12.1 Å². The quantitative estimate of drug-likeness (QED) is 0.310. The maximum absolute atomic E-state index is 13.1. The number of halogens is 8. The Hall–Kier alpha value is -3.43. The second kappa shape index (κ2) is 15.2. The Labute approximate surface area is 240 Å². The molecule has 0 bridgehead atoms. The van der Waals surface area contributed by atoms with Gasteiger partial charge in [-0.3, -0.25) is 9.69 Å². The summed E-state index contributed by atoms with van der Waals surface area (Å²) in [6, 6.07) is 13.6. The number of carboxylic acid groups (broad SMARTS) is 2. The highest BCUT2D eigenvalue weighted by Crippen LogP contribution is 2.27. The molecular formula is C26H26ClF7N2O6. The van der Waals surface area contributed by atoms with E-state index in [1.54, 1.807) is 12.1 Å². The molecule has 2 aliphatic heterocycles. The molecule has 0 aliphatic carbocycles. The zero-order valence-corrected chi connectivity index (χ0v) is 22.3. The van der Waals surface area contributed by atoms with Crippen LogP contribution in [0.3, 0.4) is 0 Å². The topological polar surface area (TPSA) is 116 Å². The van der Waals surface area contributed by atoms with Crippen LogP contribution in [0.4, 0.5) is 30.7 Å². The van der Waals surface area contributed by atoms with E-state index in [9.17, 15) is 35.5 Å². The Bertz CT molecular complexity index is 1160. The van der Waals surface area contributed by atoms with Crippen LogP contribution in [-0.4, -0.2) is 83.5 Å². The predicted octanol–water partition coefficient (Wildman–Crippen LogP) is 5.06. The van der Waals surface area contributed by atoms with Crippen molar-refractivity contribution in [3.05, 3.63) is 64.9 Å². The molecule has 0 radical (unpaired) electrons. The van der Waals surface area contributed by atoms with Crippen LogP contribution >= 0.6 is 11.6 Å². The Morgan fingerprint density at radius 3 is 1.76 bits per heavy atom. The number of piperidine rings is 1. The number of carboxylic acids is 2. The fraction of sp³-hybridized carbons (Fsp3) is 0.423. The zero-order chi connectivity index (χ0) is 31.7. The summed E-state index contributed by atoms with van der Waals surface area (Å²) in [5, 5.41) is 18.4. The van der Waals surface area contributed by atoms with E-state index < -0.39 is 24.3 Å². The van der Waals surface area contributed by atoms with Crippen molar-refractivity contribution in [1.29, 1.82) is 0 Å². The molecule has 42 heavy (non-hydrogen) atoms. The van der Waals surface area contributed by atoms with Gasteiger partial charge in [0.25, 0.3) is 0 Å². The van der Waals surface area contributed by atoms with Crippen molar-refractivity contribution in [3.63, 3.8) is 0 Å². The maximum Gasteiger partial charge on any atom is 0.490 e. The summed E-state index contributed by atoms with van der Waals surface area (Å²) in [5.74, 6) is -4.87. The number of rotatable bonds is 5. The van der Waals surface area contributed by atoms with Crippen molar-refractivity contribution < 1.29 is 60.1 Å². The van der Waals surface area contributed by atoms with Gasteiger partial charge in [0.1, 0.15) is 17.7 Å². The number of hydrogen-bond acceptors (Lipinski definition) is 6. The van der Waals surface area contributed by atoms with Gasteiger partial charge in [0, 0.05) is 29.6 Å². The molecule has 2 saturated heterocycles. The number of nitrogens with zero attached hydrogens (tertiary/aromatic N) is 1. The number of ether oxygens (including phenoxy) is 1. The molecule has 16 heteroatoms. The third-order valence-electron chi connectivity index (χ3n) is 6.21. The van der Waals surface area contributed by atoms with Gasteiger partial charge >= 0.3 is 24.3 Å². The van der Waals surface area contributed by atoms with E-state index in [0.29, 0.717) is 10.6 Å². The van der Waals surface area contributed by atoms with Crippen LogP contribution in [0.2, 0.25) is 5.02 Å². The predicted molar refractivity (Wildman–Crippen MR) is 135 cm³/mol. The lowest BCUT2D eigenvalue weighted by Gasteiger charge is -2.37. The first-order chi connectivity index (χ1) is 19.5. The normalized spacial score (nSPS) is 19.5. The molecule has 2 atom stereocenters. The molecule has 0 saturated carbocycles. The second-order valence-electron chi connectivity index (χ2n) is 9.12. The number of aliphatic carboxylic acids is 2. The largest absolute Gasteiger partial charge is 0.490 e. The number of likely N-dealkylation sites (tertiary alicyclic amines) is 1. The van der Waals surface area contributed by atoms with Gasteiger partial charge in [-0.2, -0.15) is 26.3 Å². The summed E-state index contributed by atoms with van der Waals surface area (Å²) in [6.45, 7) is 3.42. The molecule has 0 amide bonds. The highest BCUT2D eigenvalue weighted by molar-refractivity contribution is 6.30. The minimum atomic E-state index is -5.08. The molecule has 2 fully saturated rings. The first-order valence-electron chi connectivity index (χ1n) is 12.3. The van der Waals surface area contributed by atoms with Crippen LogP contribution < -0.4 is 10.1 Å². The number of Topliss-reactive ketones (excluding diaryl/α,β-unsaturated/α-hetero) is 1. The molecular weight excluding hydrogens is 605 g/mol. The number of carbonyl (C=O) groups is 3. The number of benzene rings is 2. The van der Waals surface area contributed by atoms with E-state index in [-0.39, 0.29) is 29.7 Å². The lowest BCUT2D eigenvalue weighted by atomic mass is 9.88. The van der Waals surface area contributed by atoms with E-state index in [1.807, 2.05) is 24.3 Å².